The molecule has 4 aromatic carbocycles. The Morgan fingerprint density at radius 1 is 0.773 bits per heavy atom. The van der Waals surface area contributed by atoms with Gasteiger partial charge >= 0.3 is 11.9 Å². The van der Waals surface area contributed by atoms with Crippen molar-refractivity contribution < 1.29 is 23.8 Å². The van der Waals surface area contributed by atoms with Crippen LogP contribution in [0, 0.1) is 12.8 Å². The molecule has 44 heavy (non-hydrogen) atoms. The van der Waals surface area contributed by atoms with Gasteiger partial charge in [-0.2, -0.15) is 0 Å². The zero-order valence-electron chi connectivity index (χ0n) is 25.8. The summed E-state index contributed by atoms with van der Waals surface area (Å²) in [6, 6.07) is 30.7. The van der Waals surface area contributed by atoms with E-state index in [0.29, 0.717) is 36.9 Å². The van der Waals surface area contributed by atoms with Gasteiger partial charge in [0.15, 0.2) is 0 Å². The molecule has 0 aromatic heterocycles. The minimum atomic E-state index is -0.289. The molecule has 1 atom stereocenters. The Bertz CT molecular complexity index is 1490. The van der Waals surface area contributed by atoms with Crippen LogP contribution in [0.4, 0.5) is 5.69 Å². The van der Waals surface area contributed by atoms with E-state index in [1.807, 2.05) is 79.7 Å². The average Bonchev–Trinajstić information content (AvgIpc) is 3.05. The van der Waals surface area contributed by atoms with Gasteiger partial charge in [0, 0.05) is 12.6 Å². The Kier molecular flexibility index (Phi) is 12.3. The Hall–Kier alpha value is -4.71. The van der Waals surface area contributed by atoms with Crippen molar-refractivity contribution in [3.63, 3.8) is 0 Å². The molecule has 0 radical (unpaired) electrons. The Labute approximate surface area is 260 Å². The van der Waals surface area contributed by atoms with Crippen molar-refractivity contribution >= 4 is 23.8 Å². The van der Waals surface area contributed by atoms with E-state index in [1.54, 1.807) is 30.5 Å². The van der Waals surface area contributed by atoms with Crippen molar-refractivity contribution in [3.05, 3.63) is 114 Å². The predicted octanol–water partition coefficient (Wildman–Crippen LogP) is 9.16. The van der Waals surface area contributed by atoms with Gasteiger partial charge in [-0.3, -0.25) is 9.79 Å². The summed E-state index contributed by atoms with van der Waals surface area (Å²) in [5, 5.41) is 0. The van der Waals surface area contributed by atoms with E-state index >= 15 is 0 Å². The number of carbonyl (C=O) groups excluding carboxylic acids is 2. The predicted molar refractivity (Wildman–Crippen MR) is 176 cm³/mol. The van der Waals surface area contributed by atoms with Crippen molar-refractivity contribution in [2.75, 3.05) is 13.2 Å². The molecule has 6 heteroatoms. The fourth-order valence-corrected chi connectivity index (χ4v) is 4.28. The highest BCUT2D eigenvalue weighted by Gasteiger charge is 2.10. The minimum absolute atomic E-state index is 0.237. The van der Waals surface area contributed by atoms with E-state index in [-0.39, 0.29) is 11.9 Å². The second kappa shape index (κ2) is 16.8. The van der Waals surface area contributed by atoms with Crippen LogP contribution >= 0.6 is 0 Å². The van der Waals surface area contributed by atoms with Crippen molar-refractivity contribution in [3.8, 4) is 22.6 Å². The average molecular weight is 592 g/mol. The van der Waals surface area contributed by atoms with E-state index in [2.05, 4.69) is 18.8 Å². The van der Waals surface area contributed by atoms with Crippen molar-refractivity contribution in [2.24, 2.45) is 10.9 Å². The Balaban J connectivity index is 1.10. The van der Waals surface area contributed by atoms with Crippen LogP contribution in [0.5, 0.6) is 11.5 Å². The molecular weight excluding hydrogens is 550 g/mol. The number of aliphatic imine (C=N–C) groups is 1. The molecule has 4 aromatic rings. The third kappa shape index (κ3) is 10.5. The van der Waals surface area contributed by atoms with Crippen LogP contribution < -0.4 is 9.47 Å². The second-order valence-corrected chi connectivity index (χ2v) is 11.0. The van der Waals surface area contributed by atoms with Crippen molar-refractivity contribution in [1.82, 2.24) is 0 Å². The fourth-order valence-electron chi connectivity index (χ4n) is 4.28. The summed E-state index contributed by atoms with van der Waals surface area (Å²) in [7, 11) is 0. The van der Waals surface area contributed by atoms with Gasteiger partial charge in [0.05, 0.1) is 24.5 Å². The molecule has 0 heterocycles. The van der Waals surface area contributed by atoms with Crippen LogP contribution in [-0.4, -0.2) is 31.4 Å². The number of ether oxygens (including phenoxy) is 3. The highest BCUT2D eigenvalue weighted by molar-refractivity contribution is 5.90. The van der Waals surface area contributed by atoms with Gasteiger partial charge in [0.2, 0.25) is 0 Å². The van der Waals surface area contributed by atoms with Gasteiger partial charge in [-0.25, -0.2) is 4.79 Å². The smallest absolute Gasteiger partial charge is 0.338 e. The first-order chi connectivity index (χ1) is 21.4. The van der Waals surface area contributed by atoms with Gasteiger partial charge in [-0.05, 0) is 109 Å². The van der Waals surface area contributed by atoms with Gasteiger partial charge in [-0.1, -0.05) is 62.2 Å². The van der Waals surface area contributed by atoms with E-state index in [1.165, 1.54) is 5.56 Å². The minimum Gasteiger partial charge on any atom is -0.494 e. The molecule has 1 unspecified atom stereocenters. The lowest BCUT2D eigenvalue weighted by Crippen LogP contribution is -2.11. The second-order valence-electron chi connectivity index (χ2n) is 11.0. The molecule has 0 saturated carbocycles. The molecule has 0 amide bonds. The molecule has 6 nitrogen and oxygen atoms in total. The van der Waals surface area contributed by atoms with Crippen LogP contribution in [-0.2, 0) is 9.53 Å². The standard InChI is InChI=1S/C38H41NO5/c1-4-28(2)27-43-38(41)33-15-13-31(14-16-33)32-17-23-35(24-18-32)42-25-7-5-6-8-37(40)44-36-21-11-30(12-22-36)26-39-34-19-9-29(3)10-20-34/h9-24,26,28H,4-8,25,27H2,1-3H3. The van der Waals surface area contributed by atoms with Crippen LogP contribution in [0.2, 0.25) is 0 Å². The quantitative estimate of drug-likeness (QED) is 0.0596. The van der Waals surface area contributed by atoms with Gasteiger partial charge in [-0.15, -0.1) is 0 Å². The molecule has 228 valence electrons. The maximum atomic E-state index is 12.3. The molecule has 0 spiro atoms. The van der Waals surface area contributed by atoms with E-state index in [0.717, 1.165) is 53.8 Å². The molecule has 4 rings (SSSR count). The third-order valence-electron chi connectivity index (χ3n) is 7.31. The molecule has 0 N–H and O–H groups in total. The SMILES string of the molecule is CCC(C)COC(=O)c1ccc(-c2ccc(OCCCCCC(=O)Oc3ccc(C=Nc4ccc(C)cc4)cc3)cc2)cc1. The molecule has 0 aliphatic carbocycles. The highest BCUT2D eigenvalue weighted by atomic mass is 16.5. The topological polar surface area (TPSA) is 74.2 Å². The fraction of sp³-hybridized carbons (Fsp3) is 0.289. The number of benzene rings is 4. The van der Waals surface area contributed by atoms with Crippen molar-refractivity contribution in [2.45, 2.75) is 52.9 Å². The van der Waals surface area contributed by atoms with Crippen LogP contribution in [0.3, 0.4) is 0 Å². The van der Waals surface area contributed by atoms with Gasteiger partial charge in [0.1, 0.15) is 11.5 Å². The lowest BCUT2D eigenvalue weighted by Gasteiger charge is -2.10. The molecule has 0 fully saturated rings. The van der Waals surface area contributed by atoms with Crippen molar-refractivity contribution in [1.29, 1.82) is 0 Å². The van der Waals surface area contributed by atoms with Crippen LogP contribution in [0.1, 0.15) is 67.4 Å². The molecular formula is C38H41NO5. The number of hydrogen-bond donors (Lipinski definition) is 0. The van der Waals surface area contributed by atoms with E-state index in [4.69, 9.17) is 14.2 Å². The van der Waals surface area contributed by atoms with Crippen LogP contribution in [0.25, 0.3) is 11.1 Å². The summed E-state index contributed by atoms with van der Waals surface area (Å²) in [6.45, 7) is 7.21. The maximum absolute atomic E-state index is 12.3. The first kappa shape index (κ1) is 32.2. The highest BCUT2D eigenvalue weighted by Crippen LogP contribution is 2.24. The summed E-state index contributed by atoms with van der Waals surface area (Å²) < 4.78 is 16.7. The zero-order chi connectivity index (χ0) is 31.1. The lowest BCUT2D eigenvalue weighted by molar-refractivity contribution is -0.134. The number of carbonyl (C=O) groups is 2. The molecule has 0 saturated heterocycles. The first-order valence-corrected chi connectivity index (χ1v) is 15.3. The Morgan fingerprint density at radius 3 is 2.07 bits per heavy atom. The number of hydrogen-bond acceptors (Lipinski definition) is 6. The lowest BCUT2D eigenvalue weighted by atomic mass is 10.0. The molecule has 0 bridgehead atoms. The summed E-state index contributed by atoms with van der Waals surface area (Å²) in [5.74, 6) is 1.16. The monoisotopic (exact) mass is 591 g/mol. The largest absolute Gasteiger partial charge is 0.494 e. The number of esters is 2. The molecule has 0 aliphatic heterocycles. The zero-order valence-corrected chi connectivity index (χ0v) is 25.8. The molecule has 0 aliphatic rings. The normalized spacial score (nSPS) is 11.7. The van der Waals surface area contributed by atoms with Gasteiger partial charge < -0.3 is 14.2 Å². The first-order valence-electron chi connectivity index (χ1n) is 15.3. The number of nitrogens with zero attached hydrogens (tertiary/aromatic N) is 1. The number of unbranched alkanes of at least 4 members (excludes halogenated alkanes) is 2. The number of rotatable bonds is 15. The Morgan fingerprint density at radius 2 is 1.41 bits per heavy atom. The van der Waals surface area contributed by atoms with E-state index < -0.39 is 0 Å². The maximum Gasteiger partial charge on any atom is 0.338 e. The van der Waals surface area contributed by atoms with Crippen LogP contribution in [0.15, 0.2) is 102 Å². The summed E-state index contributed by atoms with van der Waals surface area (Å²) in [5.41, 5.74) is 5.64. The van der Waals surface area contributed by atoms with E-state index in [9.17, 15) is 9.59 Å². The summed E-state index contributed by atoms with van der Waals surface area (Å²) in [6.07, 6.45) is 5.59. The number of aryl methyl sites for hydroxylation is 1. The third-order valence-corrected chi connectivity index (χ3v) is 7.31. The summed E-state index contributed by atoms with van der Waals surface area (Å²) in [4.78, 5) is 29.0. The summed E-state index contributed by atoms with van der Waals surface area (Å²) >= 11 is 0. The van der Waals surface area contributed by atoms with Gasteiger partial charge in [0.25, 0.3) is 0 Å².